The molecule has 27 heavy (non-hydrogen) atoms. The highest BCUT2D eigenvalue weighted by Gasteiger charge is 1.95. The van der Waals surface area contributed by atoms with Crippen LogP contribution in [0.25, 0.3) is 0 Å². The highest BCUT2D eigenvalue weighted by Crippen LogP contribution is 2.09. The van der Waals surface area contributed by atoms with Crippen molar-refractivity contribution in [3.8, 4) is 0 Å². The van der Waals surface area contributed by atoms with Crippen molar-refractivity contribution < 1.29 is 9.90 Å². The second kappa shape index (κ2) is 25.1. The van der Waals surface area contributed by atoms with Crippen molar-refractivity contribution in [2.45, 2.75) is 103 Å². The number of allylic oxidation sites excluding steroid dienone is 2. The Bertz CT molecular complexity index is 318. The lowest BCUT2D eigenvalue weighted by atomic mass is 10.1. The Morgan fingerprint density at radius 2 is 1.30 bits per heavy atom. The van der Waals surface area contributed by atoms with Gasteiger partial charge in [-0.2, -0.15) is 0 Å². The monoisotopic (exact) mass is 384 g/mol. The fourth-order valence-electron chi connectivity index (χ4n) is 2.75. The van der Waals surface area contributed by atoms with Crippen LogP contribution in [-0.2, 0) is 4.79 Å². The zero-order valence-corrected chi connectivity index (χ0v) is 18.6. The normalized spacial score (nSPS) is 11.0. The molecule has 0 aromatic rings. The Labute approximate surface area is 169 Å². The molecule has 4 nitrogen and oxygen atoms in total. The fraction of sp³-hybridized carbons (Fsp3) is 0.870. The van der Waals surface area contributed by atoms with Gasteiger partial charge in [0.2, 0.25) is 0 Å². The van der Waals surface area contributed by atoms with Gasteiger partial charge in [0.25, 0.3) is 0 Å². The van der Waals surface area contributed by atoms with Crippen LogP contribution in [0, 0.1) is 0 Å². The second-order valence-electron chi connectivity index (χ2n) is 7.67. The second-order valence-corrected chi connectivity index (χ2v) is 7.67. The van der Waals surface area contributed by atoms with E-state index in [-0.39, 0.29) is 0 Å². The van der Waals surface area contributed by atoms with E-state index in [9.17, 15) is 4.79 Å². The zero-order valence-electron chi connectivity index (χ0n) is 18.6. The lowest BCUT2D eigenvalue weighted by molar-refractivity contribution is -0.137. The lowest BCUT2D eigenvalue weighted by Gasteiger charge is -2.05. The molecule has 0 atom stereocenters. The number of carboxylic acid groups (broad SMARTS) is 1. The van der Waals surface area contributed by atoms with Crippen molar-refractivity contribution in [2.75, 3.05) is 27.2 Å². The number of rotatable bonds is 18. The third-order valence-electron chi connectivity index (χ3n) is 4.46. The molecule has 0 bridgehead atoms. The van der Waals surface area contributed by atoms with Gasteiger partial charge in [0.1, 0.15) is 0 Å². The van der Waals surface area contributed by atoms with E-state index in [0.717, 1.165) is 32.4 Å². The van der Waals surface area contributed by atoms with Crippen LogP contribution in [0.15, 0.2) is 12.2 Å². The topological polar surface area (TPSA) is 66.6 Å². The molecule has 0 aromatic heterocycles. The summed E-state index contributed by atoms with van der Waals surface area (Å²) in [7, 11) is 4.10. The summed E-state index contributed by atoms with van der Waals surface area (Å²) in [6.45, 7) is 4.17. The van der Waals surface area contributed by atoms with E-state index in [1.807, 2.05) is 0 Å². The van der Waals surface area contributed by atoms with Crippen LogP contribution in [0.5, 0.6) is 0 Å². The number of unbranched alkanes of at least 4 members (excludes halogenated alkanes) is 11. The summed E-state index contributed by atoms with van der Waals surface area (Å²) < 4.78 is 0. The Hall–Kier alpha value is -0.870. The first-order valence-corrected chi connectivity index (χ1v) is 11.3. The average molecular weight is 385 g/mol. The molecule has 0 unspecified atom stereocenters. The van der Waals surface area contributed by atoms with Gasteiger partial charge >= 0.3 is 5.97 Å². The number of hydrogen-bond acceptors (Lipinski definition) is 3. The summed E-state index contributed by atoms with van der Waals surface area (Å²) in [5.41, 5.74) is 5.25. The minimum absolute atomic E-state index is 0.332. The van der Waals surface area contributed by atoms with Gasteiger partial charge in [-0.3, -0.25) is 4.79 Å². The Kier molecular flexibility index (Phi) is 26.4. The Morgan fingerprint density at radius 3 is 1.70 bits per heavy atom. The largest absolute Gasteiger partial charge is 0.481 e. The first-order valence-electron chi connectivity index (χ1n) is 11.3. The van der Waals surface area contributed by atoms with Crippen LogP contribution < -0.4 is 5.73 Å². The summed E-state index contributed by atoms with van der Waals surface area (Å²) in [5, 5.41) is 8.51. The Morgan fingerprint density at radius 1 is 0.815 bits per heavy atom. The van der Waals surface area contributed by atoms with Crippen LogP contribution >= 0.6 is 0 Å². The maximum atomic E-state index is 10.3. The minimum atomic E-state index is -0.664. The maximum absolute atomic E-state index is 10.3. The van der Waals surface area contributed by atoms with E-state index in [0.29, 0.717) is 6.42 Å². The van der Waals surface area contributed by atoms with E-state index in [2.05, 4.69) is 38.1 Å². The van der Waals surface area contributed by atoms with Crippen LogP contribution in [0.4, 0.5) is 0 Å². The molecular weight excluding hydrogens is 336 g/mol. The highest BCUT2D eigenvalue weighted by molar-refractivity contribution is 5.66. The summed E-state index contributed by atoms with van der Waals surface area (Å²) in [5.74, 6) is -0.664. The van der Waals surface area contributed by atoms with Gasteiger partial charge < -0.3 is 15.7 Å². The predicted molar refractivity (Wildman–Crippen MR) is 119 cm³/mol. The molecule has 0 spiro atoms. The van der Waals surface area contributed by atoms with E-state index in [4.69, 9.17) is 10.8 Å². The number of nitrogens with zero attached hydrogens (tertiary/aromatic N) is 1. The summed E-state index contributed by atoms with van der Waals surface area (Å²) >= 11 is 0. The smallest absolute Gasteiger partial charge is 0.303 e. The van der Waals surface area contributed by atoms with Crippen molar-refractivity contribution >= 4 is 5.97 Å². The third kappa shape index (κ3) is 33.2. The summed E-state index contributed by atoms with van der Waals surface area (Å²) in [4.78, 5) is 12.5. The molecule has 0 radical (unpaired) electrons. The standard InChI is InChI=1S/C18H34O2.C5H14N2/c1-2-3-4-5-6-7-8-9-10-11-12-13-14-15-16-17-18(19)20;1-7(2)5-3-4-6/h9-10H,2-8,11-17H2,1H3,(H,19,20);3-6H2,1-2H3/b10-9-;. The van der Waals surface area contributed by atoms with Gasteiger partial charge in [0, 0.05) is 6.42 Å². The summed E-state index contributed by atoms with van der Waals surface area (Å²) in [6, 6.07) is 0. The molecule has 0 fully saturated rings. The molecular formula is C23H48N2O2. The maximum Gasteiger partial charge on any atom is 0.303 e. The van der Waals surface area contributed by atoms with Gasteiger partial charge in [-0.05, 0) is 65.7 Å². The van der Waals surface area contributed by atoms with Crippen LogP contribution in [0.3, 0.4) is 0 Å². The van der Waals surface area contributed by atoms with Crippen LogP contribution in [0.2, 0.25) is 0 Å². The van der Waals surface area contributed by atoms with Gasteiger partial charge in [0.15, 0.2) is 0 Å². The molecule has 0 rings (SSSR count). The molecule has 0 amide bonds. The first kappa shape index (κ1) is 28.3. The molecule has 0 aromatic carbocycles. The van der Waals surface area contributed by atoms with Crippen LogP contribution in [-0.4, -0.2) is 43.2 Å². The van der Waals surface area contributed by atoms with E-state index in [1.165, 1.54) is 70.6 Å². The lowest BCUT2D eigenvalue weighted by Crippen LogP contribution is -2.16. The number of nitrogens with two attached hydrogens (primary N) is 1. The molecule has 0 aliphatic rings. The number of carbonyl (C=O) groups is 1. The first-order chi connectivity index (χ1) is 13.0. The molecule has 162 valence electrons. The fourth-order valence-corrected chi connectivity index (χ4v) is 2.75. The van der Waals surface area contributed by atoms with E-state index in [1.54, 1.807) is 0 Å². The summed E-state index contributed by atoms with van der Waals surface area (Å²) in [6.07, 6.45) is 22.3. The van der Waals surface area contributed by atoms with Gasteiger partial charge in [-0.25, -0.2) is 0 Å². The predicted octanol–water partition coefficient (Wildman–Crippen LogP) is 6.01. The minimum Gasteiger partial charge on any atom is -0.481 e. The van der Waals surface area contributed by atoms with Crippen LogP contribution in [0.1, 0.15) is 103 Å². The molecule has 0 heterocycles. The third-order valence-corrected chi connectivity index (χ3v) is 4.46. The number of aliphatic carboxylic acids is 1. The number of hydrogen-bond donors (Lipinski definition) is 2. The SMILES string of the molecule is CCCCCCCC/C=C\CCCCCCCC(=O)O.CN(C)CCCN. The van der Waals surface area contributed by atoms with E-state index < -0.39 is 5.97 Å². The van der Waals surface area contributed by atoms with Gasteiger partial charge in [0.05, 0.1) is 0 Å². The van der Waals surface area contributed by atoms with Crippen molar-refractivity contribution in [3.63, 3.8) is 0 Å². The zero-order chi connectivity index (χ0) is 20.6. The quantitative estimate of drug-likeness (QED) is 0.224. The van der Waals surface area contributed by atoms with Crippen molar-refractivity contribution in [3.05, 3.63) is 12.2 Å². The Balaban J connectivity index is 0. The molecule has 4 heteroatoms. The van der Waals surface area contributed by atoms with Crippen molar-refractivity contribution in [1.82, 2.24) is 4.90 Å². The van der Waals surface area contributed by atoms with E-state index >= 15 is 0 Å². The average Bonchev–Trinajstić information content (AvgIpc) is 2.63. The van der Waals surface area contributed by atoms with Crippen molar-refractivity contribution in [1.29, 1.82) is 0 Å². The molecule has 3 N–H and O–H groups in total. The molecule has 0 saturated carbocycles. The van der Waals surface area contributed by atoms with Gasteiger partial charge in [-0.1, -0.05) is 70.4 Å². The highest BCUT2D eigenvalue weighted by atomic mass is 16.4. The molecule has 0 aliphatic carbocycles. The molecule has 0 saturated heterocycles. The van der Waals surface area contributed by atoms with Crippen molar-refractivity contribution in [2.24, 2.45) is 5.73 Å². The van der Waals surface area contributed by atoms with Gasteiger partial charge in [-0.15, -0.1) is 0 Å². The number of carboxylic acids is 1. The molecule has 0 aliphatic heterocycles.